The van der Waals surface area contributed by atoms with Gasteiger partial charge in [-0.15, -0.1) is 0 Å². The molecule has 48 heavy (non-hydrogen) atoms. The maximum atomic E-state index is 9.33. The largest absolute Gasteiger partial charge is 0.300 e. The highest BCUT2D eigenvalue weighted by atomic mass is 14.4. The van der Waals surface area contributed by atoms with E-state index in [1.54, 1.807) is 0 Å². The molecule has 0 saturated carbocycles. The van der Waals surface area contributed by atoms with Crippen molar-refractivity contribution in [3.8, 4) is 55.6 Å². The van der Waals surface area contributed by atoms with Crippen LogP contribution in [-0.4, -0.2) is 5.71 Å². The summed E-state index contributed by atoms with van der Waals surface area (Å²) in [5, 5.41) is 9.33. The number of rotatable bonds is 9. The molecule has 1 N–H and O–H groups in total. The average Bonchev–Trinajstić information content (AvgIpc) is 3.15. The monoisotopic (exact) mass is 617 g/mol. The SMILES string of the molecule is CCCc1cccc(-c2cccc(-c3cc(-c4ccccc4)cc(-c4ccccc4)c3)c2)c1-c1c(C)cccc1C(=N)c1ccccc1. The fraction of sp³-hybridized carbons (Fsp3) is 0.0851. The summed E-state index contributed by atoms with van der Waals surface area (Å²) in [4.78, 5) is 0. The summed E-state index contributed by atoms with van der Waals surface area (Å²) in [7, 11) is 0. The molecule has 0 spiro atoms. The van der Waals surface area contributed by atoms with Gasteiger partial charge in [-0.1, -0.05) is 159 Å². The first-order chi connectivity index (χ1) is 23.6. The van der Waals surface area contributed by atoms with E-state index in [0.717, 1.165) is 29.5 Å². The molecule has 0 heterocycles. The van der Waals surface area contributed by atoms with Gasteiger partial charge in [-0.3, -0.25) is 5.41 Å². The molecule has 0 atom stereocenters. The van der Waals surface area contributed by atoms with Crippen LogP contribution in [0.25, 0.3) is 55.6 Å². The van der Waals surface area contributed by atoms with E-state index in [0.29, 0.717) is 5.71 Å². The van der Waals surface area contributed by atoms with Gasteiger partial charge in [0.1, 0.15) is 0 Å². The molecule has 0 aliphatic carbocycles. The van der Waals surface area contributed by atoms with Gasteiger partial charge in [0.2, 0.25) is 0 Å². The average molecular weight is 618 g/mol. The van der Waals surface area contributed by atoms with Crippen molar-refractivity contribution in [2.75, 3.05) is 0 Å². The molecule has 0 amide bonds. The van der Waals surface area contributed by atoms with Crippen LogP contribution in [0.2, 0.25) is 0 Å². The van der Waals surface area contributed by atoms with E-state index in [1.165, 1.54) is 61.2 Å². The smallest absolute Gasteiger partial charge is 0.0690 e. The fourth-order valence-corrected chi connectivity index (χ4v) is 6.84. The Morgan fingerprint density at radius 1 is 0.458 bits per heavy atom. The molecule has 0 bridgehead atoms. The molecule has 0 radical (unpaired) electrons. The highest BCUT2D eigenvalue weighted by molar-refractivity contribution is 6.15. The number of benzene rings is 7. The molecule has 7 aromatic rings. The Labute approximate surface area is 284 Å². The molecule has 0 fully saturated rings. The first-order valence-electron chi connectivity index (χ1n) is 16.8. The molecule has 232 valence electrons. The first-order valence-corrected chi connectivity index (χ1v) is 16.8. The number of nitrogens with one attached hydrogen (secondary N) is 1. The normalized spacial score (nSPS) is 11.0. The van der Waals surface area contributed by atoms with Crippen LogP contribution < -0.4 is 0 Å². The predicted octanol–water partition coefficient (Wildman–Crippen LogP) is 12.7. The molecule has 0 aliphatic rings. The van der Waals surface area contributed by atoms with E-state index in [-0.39, 0.29) is 0 Å². The zero-order chi connectivity index (χ0) is 32.9. The van der Waals surface area contributed by atoms with Gasteiger partial charge in [0.05, 0.1) is 5.71 Å². The second-order valence-corrected chi connectivity index (χ2v) is 12.4. The third-order valence-corrected chi connectivity index (χ3v) is 9.18. The molecule has 7 rings (SSSR count). The Hall–Kier alpha value is -5.79. The van der Waals surface area contributed by atoms with Crippen molar-refractivity contribution < 1.29 is 0 Å². The first kappa shape index (κ1) is 30.8. The molecule has 0 aliphatic heterocycles. The van der Waals surface area contributed by atoms with E-state index in [4.69, 9.17) is 0 Å². The van der Waals surface area contributed by atoms with Gasteiger partial charge in [-0.2, -0.15) is 0 Å². The lowest BCUT2D eigenvalue weighted by atomic mass is 9.82. The highest BCUT2D eigenvalue weighted by Crippen LogP contribution is 2.41. The van der Waals surface area contributed by atoms with Gasteiger partial charge in [-0.05, 0) is 104 Å². The molecule has 0 aromatic heterocycles. The van der Waals surface area contributed by atoms with Gasteiger partial charge in [-0.25, -0.2) is 0 Å². The van der Waals surface area contributed by atoms with Crippen LogP contribution in [-0.2, 0) is 6.42 Å². The number of hydrogen-bond donors (Lipinski definition) is 1. The van der Waals surface area contributed by atoms with Crippen LogP contribution in [0.5, 0.6) is 0 Å². The van der Waals surface area contributed by atoms with Crippen molar-refractivity contribution in [1.82, 2.24) is 0 Å². The summed E-state index contributed by atoms with van der Waals surface area (Å²) in [6, 6.07) is 60.4. The maximum absolute atomic E-state index is 9.33. The summed E-state index contributed by atoms with van der Waals surface area (Å²) in [5.74, 6) is 0. The standard InChI is InChI=1S/C47H39N/c1-3-16-36-24-15-27-43(46(36)45-33(2)17-13-28-44(45)47(48)37-22-11-6-12-23-37)39-26-14-25-38(29-39)42-31-40(34-18-7-4-8-19-34)30-41(32-42)35-20-9-5-10-21-35/h4-15,17-32,48H,3,16H2,1-2H3. The second kappa shape index (κ2) is 13.9. The van der Waals surface area contributed by atoms with Crippen molar-refractivity contribution in [3.63, 3.8) is 0 Å². The van der Waals surface area contributed by atoms with Gasteiger partial charge in [0.25, 0.3) is 0 Å². The van der Waals surface area contributed by atoms with Crippen LogP contribution in [0, 0.1) is 12.3 Å². The Kier molecular flexibility index (Phi) is 8.94. The van der Waals surface area contributed by atoms with Crippen LogP contribution in [0.1, 0.15) is 35.6 Å². The number of hydrogen-bond acceptors (Lipinski definition) is 1. The summed E-state index contributed by atoms with van der Waals surface area (Å²) in [6.07, 6.45) is 2.01. The summed E-state index contributed by atoms with van der Waals surface area (Å²) in [5.41, 5.74) is 16.8. The Morgan fingerprint density at radius 2 is 0.958 bits per heavy atom. The van der Waals surface area contributed by atoms with E-state index in [2.05, 4.69) is 153 Å². The van der Waals surface area contributed by atoms with E-state index in [1.807, 2.05) is 30.3 Å². The molecule has 7 aromatic carbocycles. The van der Waals surface area contributed by atoms with E-state index < -0.39 is 0 Å². The Morgan fingerprint density at radius 3 is 1.58 bits per heavy atom. The molecule has 1 heteroatoms. The number of aryl methyl sites for hydroxylation is 2. The van der Waals surface area contributed by atoms with Crippen LogP contribution in [0.3, 0.4) is 0 Å². The molecular formula is C47H39N. The summed E-state index contributed by atoms with van der Waals surface area (Å²) in [6.45, 7) is 4.42. The van der Waals surface area contributed by atoms with Crippen molar-refractivity contribution in [2.45, 2.75) is 26.7 Å². The van der Waals surface area contributed by atoms with Crippen LogP contribution >= 0.6 is 0 Å². The lowest BCUT2D eigenvalue weighted by Crippen LogP contribution is -2.06. The lowest BCUT2D eigenvalue weighted by molar-refractivity contribution is 0.923. The molecular weight excluding hydrogens is 579 g/mol. The second-order valence-electron chi connectivity index (χ2n) is 12.4. The quantitative estimate of drug-likeness (QED) is 0.156. The van der Waals surface area contributed by atoms with Gasteiger partial charge < -0.3 is 0 Å². The zero-order valence-corrected chi connectivity index (χ0v) is 27.6. The Balaban J connectivity index is 1.41. The maximum Gasteiger partial charge on any atom is 0.0690 e. The lowest BCUT2D eigenvalue weighted by Gasteiger charge is -2.21. The predicted molar refractivity (Wildman–Crippen MR) is 205 cm³/mol. The molecule has 0 saturated heterocycles. The van der Waals surface area contributed by atoms with Gasteiger partial charge >= 0.3 is 0 Å². The van der Waals surface area contributed by atoms with Crippen molar-refractivity contribution in [2.24, 2.45) is 0 Å². The summed E-state index contributed by atoms with van der Waals surface area (Å²) >= 11 is 0. The minimum atomic E-state index is 0.548. The van der Waals surface area contributed by atoms with Crippen molar-refractivity contribution >= 4 is 5.71 Å². The van der Waals surface area contributed by atoms with Crippen molar-refractivity contribution in [1.29, 1.82) is 5.41 Å². The van der Waals surface area contributed by atoms with Crippen molar-refractivity contribution in [3.05, 3.63) is 192 Å². The third kappa shape index (κ3) is 6.28. The Bertz CT molecular complexity index is 2140. The van der Waals surface area contributed by atoms with E-state index >= 15 is 0 Å². The molecule has 1 nitrogen and oxygen atoms in total. The minimum absolute atomic E-state index is 0.548. The third-order valence-electron chi connectivity index (χ3n) is 9.18. The van der Waals surface area contributed by atoms with Gasteiger partial charge in [0.15, 0.2) is 0 Å². The van der Waals surface area contributed by atoms with Gasteiger partial charge in [0, 0.05) is 11.1 Å². The van der Waals surface area contributed by atoms with E-state index in [9.17, 15) is 5.41 Å². The topological polar surface area (TPSA) is 23.9 Å². The molecule has 0 unspecified atom stereocenters. The van der Waals surface area contributed by atoms with Crippen LogP contribution in [0.15, 0.2) is 170 Å². The minimum Gasteiger partial charge on any atom is -0.300 e. The summed E-state index contributed by atoms with van der Waals surface area (Å²) < 4.78 is 0. The van der Waals surface area contributed by atoms with Crippen LogP contribution in [0.4, 0.5) is 0 Å². The zero-order valence-electron chi connectivity index (χ0n) is 27.6. The highest BCUT2D eigenvalue weighted by Gasteiger charge is 2.20. The fourth-order valence-electron chi connectivity index (χ4n) is 6.84.